The highest BCUT2D eigenvalue weighted by Gasteiger charge is 2.00. The first-order chi connectivity index (χ1) is 10.2. The van der Waals surface area contributed by atoms with Crippen LogP contribution in [0.2, 0.25) is 0 Å². The van der Waals surface area contributed by atoms with Crippen molar-refractivity contribution in [2.75, 3.05) is 30.4 Å². The number of anilines is 2. The second-order valence-corrected chi connectivity index (χ2v) is 5.27. The zero-order valence-electron chi connectivity index (χ0n) is 12.1. The number of hydrogen-bond acceptors (Lipinski definition) is 4. The van der Waals surface area contributed by atoms with Gasteiger partial charge in [-0.25, -0.2) is 4.98 Å². The van der Waals surface area contributed by atoms with Gasteiger partial charge in [0.25, 0.3) is 0 Å². The number of aromatic nitrogens is 1. The van der Waals surface area contributed by atoms with Crippen LogP contribution in [0.5, 0.6) is 0 Å². The van der Waals surface area contributed by atoms with E-state index < -0.39 is 0 Å². The van der Waals surface area contributed by atoms with Gasteiger partial charge in [0.2, 0.25) is 0 Å². The molecule has 0 atom stereocenters. The van der Waals surface area contributed by atoms with Crippen molar-refractivity contribution >= 4 is 28.7 Å². The van der Waals surface area contributed by atoms with Crippen LogP contribution in [-0.4, -0.2) is 30.1 Å². The van der Waals surface area contributed by atoms with E-state index in [0.717, 1.165) is 30.9 Å². The number of rotatable bonds is 7. The molecule has 0 radical (unpaired) electrons. The maximum Gasteiger partial charge on any atom is 0.125 e. The van der Waals surface area contributed by atoms with E-state index in [0.29, 0.717) is 4.99 Å². The monoisotopic (exact) mass is 300 g/mol. The molecule has 1 aromatic carbocycles. The van der Waals surface area contributed by atoms with Crippen molar-refractivity contribution < 1.29 is 0 Å². The highest BCUT2D eigenvalue weighted by atomic mass is 32.1. The summed E-state index contributed by atoms with van der Waals surface area (Å²) < 4.78 is 0. The van der Waals surface area contributed by atoms with E-state index >= 15 is 0 Å². The van der Waals surface area contributed by atoms with Crippen LogP contribution < -0.4 is 16.0 Å². The Morgan fingerprint density at radius 1 is 1.24 bits per heavy atom. The third-order valence-corrected chi connectivity index (χ3v) is 3.46. The van der Waals surface area contributed by atoms with E-state index in [1.165, 1.54) is 5.69 Å². The second-order valence-electron chi connectivity index (χ2n) is 4.83. The van der Waals surface area contributed by atoms with E-state index in [4.69, 9.17) is 18.0 Å². The third kappa shape index (κ3) is 4.72. The van der Waals surface area contributed by atoms with Gasteiger partial charge in [-0.1, -0.05) is 30.4 Å². The number of nitrogens with two attached hydrogens (primary N) is 1. The van der Waals surface area contributed by atoms with Gasteiger partial charge in [0.15, 0.2) is 0 Å². The molecule has 2 rings (SSSR count). The van der Waals surface area contributed by atoms with Gasteiger partial charge in [0, 0.05) is 37.6 Å². The van der Waals surface area contributed by atoms with Gasteiger partial charge in [-0.05, 0) is 30.7 Å². The molecule has 0 aliphatic rings. The molecule has 0 saturated heterocycles. The highest BCUT2D eigenvalue weighted by Crippen LogP contribution is 2.11. The van der Waals surface area contributed by atoms with Crippen LogP contribution >= 0.6 is 12.2 Å². The van der Waals surface area contributed by atoms with Crippen molar-refractivity contribution in [3.8, 4) is 0 Å². The molecule has 0 fully saturated rings. The number of nitrogens with one attached hydrogen (secondary N) is 1. The molecule has 110 valence electrons. The fourth-order valence-electron chi connectivity index (χ4n) is 1.99. The maximum absolute atomic E-state index is 5.54. The second kappa shape index (κ2) is 7.59. The summed E-state index contributed by atoms with van der Waals surface area (Å²) in [7, 11) is 2.10. The number of hydrogen-bond donors (Lipinski definition) is 2. The lowest BCUT2D eigenvalue weighted by atomic mass is 10.2. The normalized spacial score (nSPS) is 10.1. The van der Waals surface area contributed by atoms with Crippen LogP contribution in [0.3, 0.4) is 0 Å². The van der Waals surface area contributed by atoms with Crippen LogP contribution in [0.4, 0.5) is 11.5 Å². The summed E-state index contributed by atoms with van der Waals surface area (Å²) in [4.78, 5) is 6.90. The molecule has 0 unspecified atom stereocenters. The van der Waals surface area contributed by atoms with Crippen molar-refractivity contribution in [1.82, 2.24) is 4.98 Å². The molecule has 0 aliphatic heterocycles. The van der Waals surface area contributed by atoms with Gasteiger partial charge >= 0.3 is 0 Å². The molecule has 2 aromatic rings. The Morgan fingerprint density at radius 2 is 2.00 bits per heavy atom. The van der Waals surface area contributed by atoms with Crippen LogP contribution in [-0.2, 0) is 0 Å². The summed E-state index contributed by atoms with van der Waals surface area (Å²) in [6.07, 6.45) is 2.73. The van der Waals surface area contributed by atoms with Gasteiger partial charge in [0.05, 0.1) is 0 Å². The predicted octanol–water partition coefficient (Wildman–Crippen LogP) is 2.65. The molecule has 3 N–H and O–H groups in total. The molecular weight excluding hydrogens is 280 g/mol. The van der Waals surface area contributed by atoms with E-state index in [1.807, 2.05) is 18.2 Å². The molecule has 1 aromatic heterocycles. The van der Waals surface area contributed by atoms with Gasteiger partial charge in [-0.2, -0.15) is 0 Å². The van der Waals surface area contributed by atoms with Crippen molar-refractivity contribution in [2.24, 2.45) is 5.73 Å². The van der Waals surface area contributed by atoms with E-state index in [-0.39, 0.29) is 0 Å². The summed E-state index contributed by atoms with van der Waals surface area (Å²) in [6.45, 7) is 1.86. The lowest BCUT2D eigenvalue weighted by molar-refractivity contribution is 0.814. The molecular formula is C16H20N4S. The van der Waals surface area contributed by atoms with Gasteiger partial charge in [0.1, 0.15) is 10.8 Å². The highest BCUT2D eigenvalue weighted by molar-refractivity contribution is 7.80. The molecule has 1 heterocycles. The lowest BCUT2D eigenvalue weighted by Gasteiger charge is -2.19. The van der Waals surface area contributed by atoms with Crippen molar-refractivity contribution in [3.63, 3.8) is 0 Å². The van der Waals surface area contributed by atoms with Crippen molar-refractivity contribution in [3.05, 3.63) is 54.2 Å². The molecule has 5 heteroatoms. The molecule has 0 aliphatic carbocycles. The number of para-hydroxylation sites is 1. The smallest absolute Gasteiger partial charge is 0.125 e. The fourth-order valence-corrected chi connectivity index (χ4v) is 2.11. The van der Waals surface area contributed by atoms with Gasteiger partial charge < -0.3 is 16.0 Å². The number of nitrogens with zero attached hydrogens (tertiary/aromatic N) is 2. The van der Waals surface area contributed by atoms with Crippen LogP contribution in [0.15, 0.2) is 48.7 Å². The molecule has 0 spiro atoms. The third-order valence-electron chi connectivity index (χ3n) is 3.22. The molecule has 0 amide bonds. The van der Waals surface area contributed by atoms with Crippen molar-refractivity contribution in [2.45, 2.75) is 6.42 Å². The Morgan fingerprint density at radius 3 is 2.62 bits per heavy atom. The molecule has 0 bridgehead atoms. The number of pyridine rings is 1. The van der Waals surface area contributed by atoms with E-state index in [2.05, 4.69) is 46.5 Å². The minimum absolute atomic E-state index is 0.374. The Balaban J connectivity index is 1.73. The average Bonchev–Trinajstić information content (AvgIpc) is 2.52. The largest absolute Gasteiger partial charge is 0.389 e. The number of thiocarbonyl (C=S) groups is 1. The molecule has 4 nitrogen and oxygen atoms in total. The van der Waals surface area contributed by atoms with Crippen LogP contribution in [0.25, 0.3) is 0 Å². The van der Waals surface area contributed by atoms with Crippen LogP contribution in [0, 0.1) is 0 Å². The first kappa shape index (κ1) is 15.3. The summed E-state index contributed by atoms with van der Waals surface area (Å²) >= 11 is 4.90. The zero-order chi connectivity index (χ0) is 15.1. The minimum Gasteiger partial charge on any atom is -0.389 e. The van der Waals surface area contributed by atoms with Gasteiger partial charge in [-0.15, -0.1) is 0 Å². The Hall–Kier alpha value is -2.14. The summed E-state index contributed by atoms with van der Waals surface area (Å²) in [5, 5.41) is 3.30. The molecule has 21 heavy (non-hydrogen) atoms. The quantitative estimate of drug-likeness (QED) is 0.608. The van der Waals surface area contributed by atoms with Gasteiger partial charge in [-0.3, -0.25) is 0 Å². The standard InChI is InChI=1S/C16H20N4S/c1-20(14-6-3-2-4-7-14)11-5-10-18-15-9-8-13(12-19-15)16(17)21/h2-4,6-9,12H,5,10-11H2,1H3,(H2,17,21)(H,18,19). The SMILES string of the molecule is CN(CCCNc1ccc(C(N)=S)cn1)c1ccccc1. The first-order valence-corrected chi connectivity index (χ1v) is 7.33. The summed E-state index contributed by atoms with van der Waals surface area (Å²) in [6, 6.07) is 14.1. The van der Waals surface area contributed by atoms with E-state index in [9.17, 15) is 0 Å². The first-order valence-electron chi connectivity index (χ1n) is 6.93. The lowest BCUT2D eigenvalue weighted by Crippen LogP contribution is -2.20. The Labute approximate surface area is 131 Å². The summed E-state index contributed by atoms with van der Waals surface area (Å²) in [5.41, 5.74) is 7.56. The fraction of sp³-hybridized carbons (Fsp3) is 0.250. The topological polar surface area (TPSA) is 54.2 Å². The van der Waals surface area contributed by atoms with E-state index in [1.54, 1.807) is 6.20 Å². The Bertz CT molecular complexity index is 569. The minimum atomic E-state index is 0.374. The van der Waals surface area contributed by atoms with Crippen molar-refractivity contribution in [1.29, 1.82) is 0 Å². The zero-order valence-corrected chi connectivity index (χ0v) is 12.9. The summed E-state index contributed by atoms with van der Waals surface area (Å²) in [5.74, 6) is 0.845. The number of benzene rings is 1. The average molecular weight is 300 g/mol. The Kier molecular flexibility index (Phi) is 5.51. The van der Waals surface area contributed by atoms with Crippen LogP contribution in [0.1, 0.15) is 12.0 Å². The molecule has 0 saturated carbocycles. The maximum atomic E-state index is 5.54. The predicted molar refractivity (Wildman–Crippen MR) is 92.9 cm³/mol.